The molecular weight excluding hydrogens is 243 g/mol. The smallest absolute Gasteiger partial charge is 0.254 e. The summed E-state index contributed by atoms with van der Waals surface area (Å²) in [6.07, 6.45) is 3.18. The molecule has 0 spiro atoms. The highest BCUT2D eigenvalue weighted by Crippen LogP contribution is 2.30. The van der Waals surface area contributed by atoms with Gasteiger partial charge in [0.1, 0.15) is 5.82 Å². The van der Waals surface area contributed by atoms with Crippen molar-refractivity contribution in [3.63, 3.8) is 0 Å². The Balaban J connectivity index is 2.19. The molecular formula is C15H21FN2O. The summed E-state index contributed by atoms with van der Waals surface area (Å²) in [4.78, 5) is 14.3. The van der Waals surface area contributed by atoms with Crippen molar-refractivity contribution < 1.29 is 9.18 Å². The van der Waals surface area contributed by atoms with Crippen molar-refractivity contribution in [2.75, 3.05) is 13.1 Å². The molecule has 19 heavy (non-hydrogen) atoms. The van der Waals surface area contributed by atoms with Crippen molar-refractivity contribution in [3.05, 3.63) is 35.6 Å². The molecule has 2 atom stereocenters. The highest BCUT2D eigenvalue weighted by molar-refractivity contribution is 5.94. The number of carbonyl (C=O) groups excluding carboxylic acids is 1. The molecule has 0 radical (unpaired) electrons. The minimum atomic E-state index is -0.372. The molecule has 2 rings (SSSR count). The molecule has 1 amide bonds. The first-order valence-corrected chi connectivity index (χ1v) is 6.94. The lowest BCUT2D eigenvalue weighted by Gasteiger charge is -2.32. The largest absolute Gasteiger partial charge is 0.336 e. The van der Waals surface area contributed by atoms with Gasteiger partial charge >= 0.3 is 0 Å². The van der Waals surface area contributed by atoms with Gasteiger partial charge in [0.25, 0.3) is 5.91 Å². The molecule has 0 bridgehead atoms. The molecule has 3 nitrogen and oxygen atoms in total. The van der Waals surface area contributed by atoms with E-state index in [1.54, 1.807) is 12.1 Å². The van der Waals surface area contributed by atoms with Crippen molar-refractivity contribution in [1.82, 2.24) is 4.90 Å². The quantitative estimate of drug-likeness (QED) is 0.907. The zero-order chi connectivity index (χ0) is 13.8. The van der Waals surface area contributed by atoms with Gasteiger partial charge in [-0.2, -0.15) is 0 Å². The fourth-order valence-corrected chi connectivity index (χ4v) is 3.02. The standard InChI is InChI=1S/C15H21FN2O/c1-2-18(14-8-4-6-12(14)10-17)15(19)11-5-3-7-13(16)9-11/h3,5,7,9,12,14H,2,4,6,8,10,17H2,1H3. The monoisotopic (exact) mass is 264 g/mol. The zero-order valence-corrected chi connectivity index (χ0v) is 11.3. The summed E-state index contributed by atoms with van der Waals surface area (Å²) in [5.41, 5.74) is 6.20. The van der Waals surface area contributed by atoms with Crippen LogP contribution in [0.3, 0.4) is 0 Å². The molecule has 104 valence electrons. The summed E-state index contributed by atoms with van der Waals surface area (Å²) in [6, 6.07) is 6.10. The van der Waals surface area contributed by atoms with Crippen LogP contribution in [0, 0.1) is 11.7 Å². The maximum Gasteiger partial charge on any atom is 0.254 e. The molecule has 2 N–H and O–H groups in total. The van der Waals surface area contributed by atoms with Gasteiger partial charge in [-0.25, -0.2) is 4.39 Å². The van der Waals surface area contributed by atoms with Crippen LogP contribution in [-0.2, 0) is 0 Å². The van der Waals surface area contributed by atoms with Gasteiger partial charge in [0, 0.05) is 18.2 Å². The Morgan fingerprint density at radius 3 is 2.89 bits per heavy atom. The van der Waals surface area contributed by atoms with E-state index in [1.807, 2.05) is 11.8 Å². The molecule has 2 unspecified atom stereocenters. The summed E-state index contributed by atoms with van der Waals surface area (Å²) in [5.74, 6) is -0.0893. The molecule has 0 heterocycles. The normalized spacial score (nSPS) is 22.5. The second-order valence-corrected chi connectivity index (χ2v) is 5.10. The zero-order valence-electron chi connectivity index (χ0n) is 11.3. The van der Waals surface area contributed by atoms with E-state index >= 15 is 0 Å². The lowest BCUT2D eigenvalue weighted by atomic mass is 10.0. The van der Waals surface area contributed by atoms with E-state index in [2.05, 4.69) is 0 Å². The number of nitrogens with two attached hydrogens (primary N) is 1. The second kappa shape index (κ2) is 6.15. The number of rotatable bonds is 4. The van der Waals surface area contributed by atoms with E-state index in [-0.39, 0.29) is 17.8 Å². The Morgan fingerprint density at radius 2 is 2.26 bits per heavy atom. The maximum atomic E-state index is 13.2. The van der Waals surface area contributed by atoms with Crippen molar-refractivity contribution in [1.29, 1.82) is 0 Å². The summed E-state index contributed by atoms with van der Waals surface area (Å²) >= 11 is 0. The van der Waals surface area contributed by atoms with Gasteiger partial charge in [-0.15, -0.1) is 0 Å². The summed E-state index contributed by atoms with van der Waals surface area (Å²) in [7, 11) is 0. The van der Waals surface area contributed by atoms with Gasteiger partial charge in [0.2, 0.25) is 0 Å². The van der Waals surface area contributed by atoms with Gasteiger partial charge in [0.05, 0.1) is 0 Å². The summed E-state index contributed by atoms with van der Waals surface area (Å²) < 4.78 is 13.2. The Kier molecular flexibility index (Phi) is 4.53. The lowest BCUT2D eigenvalue weighted by Crippen LogP contribution is -2.44. The third kappa shape index (κ3) is 2.95. The predicted octanol–water partition coefficient (Wildman–Crippen LogP) is 2.42. The van der Waals surface area contributed by atoms with Crippen LogP contribution in [0.25, 0.3) is 0 Å². The Morgan fingerprint density at radius 1 is 1.47 bits per heavy atom. The minimum Gasteiger partial charge on any atom is -0.336 e. The number of hydrogen-bond donors (Lipinski definition) is 1. The molecule has 1 aliphatic rings. The number of nitrogens with zero attached hydrogens (tertiary/aromatic N) is 1. The van der Waals surface area contributed by atoms with Crippen molar-refractivity contribution in [2.24, 2.45) is 11.7 Å². The lowest BCUT2D eigenvalue weighted by molar-refractivity contribution is 0.0651. The summed E-state index contributed by atoms with van der Waals surface area (Å²) in [6.45, 7) is 3.21. The van der Waals surface area contributed by atoms with Crippen LogP contribution in [0.2, 0.25) is 0 Å². The van der Waals surface area contributed by atoms with E-state index < -0.39 is 0 Å². The average Bonchev–Trinajstić information content (AvgIpc) is 2.88. The number of amides is 1. The third-order valence-electron chi connectivity index (χ3n) is 4.00. The van der Waals surface area contributed by atoms with E-state index in [4.69, 9.17) is 5.73 Å². The first-order valence-electron chi connectivity index (χ1n) is 6.94. The average molecular weight is 264 g/mol. The maximum absolute atomic E-state index is 13.2. The SMILES string of the molecule is CCN(C(=O)c1cccc(F)c1)C1CCCC1CN. The van der Waals surface area contributed by atoms with Crippen LogP contribution in [0.15, 0.2) is 24.3 Å². The Bertz CT molecular complexity index is 450. The van der Waals surface area contributed by atoms with Gasteiger partial charge in [-0.1, -0.05) is 12.5 Å². The first kappa shape index (κ1) is 14.0. The van der Waals surface area contributed by atoms with Crippen molar-refractivity contribution >= 4 is 5.91 Å². The van der Waals surface area contributed by atoms with Crippen LogP contribution in [0.5, 0.6) is 0 Å². The van der Waals surface area contributed by atoms with Crippen LogP contribution < -0.4 is 5.73 Å². The molecule has 1 aromatic rings. The van der Waals surface area contributed by atoms with Gasteiger partial charge < -0.3 is 10.6 Å². The van der Waals surface area contributed by atoms with E-state index in [0.717, 1.165) is 19.3 Å². The second-order valence-electron chi connectivity index (χ2n) is 5.10. The highest BCUT2D eigenvalue weighted by Gasteiger charge is 2.33. The molecule has 0 saturated heterocycles. The molecule has 1 fully saturated rings. The first-order chi connectivity index (χ1) is 9.17. The third-order valence-corrected chi connectivity index (χ3v) is 4.00. The van der Waals surface area contributed by atoms with Crippen molar-refractivity contribution in [2.45, 2.75) is 32.2 Å². The predicted molar refractivity (Wildman–Crippen MR) is 73.3 cm³/mol. The van der Waals surface area contributed by atoms with Crippen LogP contribution >= 0.6 is 0 Å². The fraction of sp³-hybridized carbons (Fsp3) is 0.533. The molecule has 1 aliphatic carbocycles. The molecule has 1 aromatic carbocycles. The number of benzene rings is 1. The summed E-state index contributed by atoms with van der Waals surface area (Å²) in [5, 5.41) is 0. The number of carbonyl (C=O) groups is 1. The molecule has 1 saturated carbocycles. The van der Waals surface area contributed by atoms with E-state index in [0.29, 0.717) is 24.6 Å². The highest BCUT2D eigenvalue weighted by atomic mass is 19.1. The van der Waals surface area contributed by atoms with Crippen LogP contribution in [0.4, 0.5) is 4.39 Å². The fourth-order valence-electron chi connectivity index (χ4n) is 3.02. The van der Waals surface area contributed by atoms with Crippen molar-refractivity contribution in [3.8, 4) is 0 Å². The van der Waals surface area contributed by atoms with E-state index in [9.17, 15) is 9.18 Å². The van der Waals surface area contributed by atoms with Gasteiger partial charge in [-0.05, 0) is 50.4 Å². The number of halogens is 1. The van der Waals surface area contributed by atoms with Gasteiger partial charge in [-0.3, -0.25) is 4.79 Å². The number of hydrogen-bond acceptors (Lipinski definition) is 2. The molecule has 4 heteroatoms. The molecule has 0 aromatic heterocycles. The minimum absolute atomic E-state index is 0.0904. The van der Waals surface area contributed by atoms with Gasteiger partial charge in [0.15, 0.2) is 0 Å². The Hall–Kier alpha value is -1.42. The Labute approximate surface area is 113 Å². The topological polar surface area (TPSA) is 46.3 Å². The molecule has 0 aliphatic heterocycles. The van der Waals surface area contributed by atoms with Crippen LogP contribution in [-0.4, -0.2) is 29.9 Å². The van der Waals surface area contributed by atoms with E-state index in [1.165, 1.54) is 12.1 Å². The van der Waals surface area contributed by atoms with Crippen LogP contribution in [0.1, 0.15) is 36.5 Å².